The van der Waals surface area contributed by atoms with E-state index in [4.69, 9.17) is 5.73 Å². The van der Waals surface area contributed by atoms with Gasteiger partial charge in [-0.25, -0.2) is 0 Å². The molecule has 1 aromatic carbocycles. The molecule has 0 amide bonds. The molecule has 0 heterocycles. The number of rotatable bonds is 2. The molecule has 0 radical (unpaired) electrons. The molecule has 0 aromatic heterocycles. The van der Waals surface area contributed by atoms with Crippen LogP contribution in [0.5, 0.6) is 0 Å². The van der Waals surface area contributed by atoms with Crippen LogP contribution < -0.4 is 5.73 Å². The van der Waals surface area contributed by atoms with Crippen molar-refractivity contribution >= 4 is 31.9 Å². The number of hydrogen-bond acceptors (Lipinski definition) is 1. The van der Waals surface area contributed by atoms with Crippen molar-refractivity contribution in [3.05, 3.63) is 32.7 Å². The van der Waals surface area contributed by atoms with Gasteiger partial charge in [0.15, 0.2) is 0 Å². The molecule has 0 aliphatic heterocycles. The highest BCUT2D eigenvalue weighted by atomic mass is 79.9. The van der Waals surface area contributed by atoms with Crippen LogP contribution in [0.4, 0.5) is 0 Å². The monoisotopic (exact) mass is 373 g/mol. The zero-order valence-corrected chi connectivity index (χ0v) is 14.2. The molecule has 0 saturated heterocycles. The summed E-state index contributed by atoms with van der Waals surface area (Å²) in [5.41, 5.74) is 7.72. The lowest BCUT2D eigenvalue weighted by atomic mass is 9.72. The summed E-state index contributed by atoms with van der Waals surface area (Å²) >= 11 is 7.12. The Hall–Kier alpha value is 0.140. The molecular formula is C15H21Br2N. The summed E-state index contributed by atoms with van der Waals surface area (Å²) in [5, 5.41) is 0. The molecule has 1 nitrogen and oxygen atoms in total. The summed E-state index contributed by atoms with van der Waals surface area (Å²) in [6, 6.07) is 6.46. The maximum Gasteiger partial charge on any atom is 0.0334 e. The Bertz CT molecular complexity index is 419. The van der Waals surface area contributed by atoms with Crippen LogP contribution in [-0.4, -0.2) is 0 Å². The second kappa shape index (κ2) is 6.06. The summed E-state index contributed by atoms with van der Waals surface area (Å²) in [5.74, 6) is 2.26. The topological polar surface area (TPSA) is 26.0 Å². The van der Waals surface area contributed by atoms with Gasteiger partial charge in [-0.2, -0.15) is 0 Å². The molecule has 4 unspecified atom stereocenters. The number of nitrogens with two attached hydrogens (primary N) is 1. The van der Waals surface area contributed by atoms with Crippen molar-refractivity contribution in [3.63, 3.8) is 0 Å². The van der Waals surface area contributed by atoms with Crippen molar-refractivity contribution in [3.8, 4) is 0 Å². The van der Waals surface area contributed by atoms with Gasteiger partial charge >= 0.3 is 0 Å². The fourth-order valence-corrected chi connectivity index (χ4v) is 4.25. The maximum absolute atomic E-state index is 6.48. The van der Waals surface area contributed by atoms with E-state index in [1.54, 1.807) is 0 Å². The van der Waals surface area contributed by atoms with Crippen molar-refractivity contribution in [2.75, 3.05) is 0 Å². The lowest BCUT2D eigenvalue weighted by Crippen LogP contribution is -2.29. The molecule has 1 aliphatic rings. The highest BCUT2D eigenvalue weighted by molar-refractivity contribution is 9.11. The molecule has 1 aliphatic carbocycles. The van der Waals surface area contributed by atoms with Crippen LogP contribution in [0.2, 0.25) is 0 Å². The molecule has 1 saturated carbocycles. The Labute approximate surface area is 127 Å². The van der Waals surface area contributed by atoms with E-state index in [0.29, 0.717) is 5.92 Å². The average Bonchev–Trinajstić information content (AvgIpc) is 2.32. The molecule has 0 spiro atoms. The van der Waals surface area contributed by atoms with Gasteiger partial charge in [-0.3, -0.25) is 0 Å². The lowest BCUT2D eigenvalue weighted by molar-refractivity contribution is 0.186. The second-order valence-corrected chi connectivity index (χ2v) is 7.49. The van der Waals surface area contributed by atoms with E-state index in [1.165, 1.54) is 24.8 Å². The third kappa shape index (κ3) is 3.17. The predicted octanol–water partition coefficient (Wildman–Crippen LogP) is 5.28. The Morgan fingerprint density at radius 2 is 1.89 bits per heavy atom. The standard InChI is InChI=1S/C15H21Br2N/c1-9-3-4-11(7-10(9)2)15(18)13-6-5-12(16)8-14(13)17/h5-6,8-11,15H,3-4,7,18H2,1-2H3. The van der Waals surface area contributed by atoms with E-state index in [0.717, 1.165) is 20.8 Å². The van der Waals surface area contributed by atoms with Gasteiger partial charge in [-0.1, -0.05) is 58.2 Å². The third-order valence-electron chi connectivity index (χ3n) is 4.47. The summed E-state index contributed by atoms with van der Waals surface area (Å²) in [6.45, 7) is 4.72. The number of hydrogen-bond donors (Lipinski definition) is 1. The van der Waals surface area contributed by atoms with Crippen molar-refractivity contribution in [1.29, 1.82) is 0 Å². The van der Waals surface area contributed by atoms with Crippen molar-refractivity contribution in [2.24, 2.45) is 23.5 Å². The molecule has 2 rings (SSSR count). The van der Waals surface area contributed by atoms with E-state index in [-0.39, 0.29) is 6.04 Å². The predicted molar refractivity (Wildman–Crippen MR) is 84.4 cm³/mol. The van der Waals surface area contributed by atoms with Crippen molar-refractivity contribution in [2.45, 2.75) is 39.2 Å². The van der Waals surface area contributed by atoms with E-state index in [9.17, 15) is 0 Å². The molecule has 2 N–H and O–H groups in total. The van der Waals surface area contributed by atoms with Crippen LogP contribution >= 0.6 is 31.9 Å². The van der Waals surface area contributed by atoms with Crippen LogP contribution in [0, 0.1) is 17.8 Å². The van der Waals surface area contributed by atoms with E-state index >= 15 is 0 Å². The minimum Gasteiger partial charge on any atom is -0.324 e. The van der Waals surface area contributed by atoms with Crippen LogP contribution in [0.1, 0.15) is 44.7 Å². The molecular weight excluding hydrogens is 354 g/mol. The zero-order chi connectivity index (χ0) is 13.3. The van der Waals surface area contributed by atoms with Crippen LogP contribution in [0.25, 0.3) is 0 Å². The second-order valence-electron chi connectivity index (χ2n) is 5.72. The molecule has 18 heavy (non-hydrogen) atoms. The average molecular weight is 375 g/mol. The van der Waals surface area contributed by atoms with Gasteiger partial charge in [-0.15, -0.1) is 0 Å². The summed E-state index contributed by atoms with van der Waals surface area (Å²) in [6.07, 6.45) is 3.83. The normalized spacial score (nSPS) is 30.2. The molecule has 3 heteroatoms. The summed E-state index contributed by atoms with van der Waals surface area (Å²) in [4.78, 5) is 0. The zero-order valence-electron chi connectivity index (χ0n) is 11.0. The molecule has 1 fully saturated rings. The Balaban J connectivity index is 2.13. The van der Waals surface area contributed by atoms with E-state index < -0.39 is 0 Å². The highest BCUT2D eigenvalue weighted by Gasteiger charge is 2.29. The lowest BCUT2D eigenvalue weighted by Gasteiger charge is -2.35. The summed E-state index contributed by atoms with van der Waals surface area (Å²) < 4.78 is 2.21. The largest absolute Gasteiger partial charge is 0.324 e. The SMILES string of the molecule is CC1CCC(C(N)c2ccc(Br)cc2Br)CC1C. The Morgan fingerprint density at radius 3 is 2.50 bits per heavy atom. The number of halogens is 2. The van der Waals surface area contributed by atoms with Crippen LogP contribution in [0.15, 0.2) is 27.1 Å². The van der Waals surface area contributed by atoms with E-state index in [1.807, 2.05) is 0 Å². The molecule has 1 aromatic rings. The first-order chi connectivity index (χ1) is 8.49. The Morgan fingerprint density at radius 1 is 1.17 bits per heavy atom. The molecule has 100 valence electrons. The first kappa shape index (κ1) is 14.5. The Kier molecular flexibility index (Phi) is 4.90. The van der Waals surface area contributed by atoms with Crippen molar-refractivity contribution in [1.82, 2.24) is 0 Å². The van der Waals surface area contributed by atoms with Gasteiger partial charge in [0.25, 0.3) is 0 Å². The first-order valence-electron chi connectivity index (χ1n) is 6.69. The molecule has 4 atom stereocenters. The van der Waals surface area contributed by atoms with Crippen molar-refractivity contribution < 1.29 is 0 Å². The fraction of sp³-hybridized carbons (Fsp3) is 0.600. The third-order valence-corrected chi connectivity index (χ3v) is 5.65. The van der Waals surface area contributed by atoms with Crippen LogP contribution in [0.3, 0.4) is 0 Å². The van der Waals surface area contributed by atoms with Gasteiger partial charge in [0.1, 0.15) is 0 Å². The molecule has 0 bridgehead atoms. The highest BCUT2D eigenvalue weighted by Crippen LogP contribution is 2.40. The minimum atomic E-state index is 0.155. The summed E-state index contributed by atoms with van der Waals surface area (Å²) in [7, 11) is 0. The quantitative estimate of drug-likeness (QED) is 0.748. The van der Waals surface area contributed by atoms with Gasteiger partial charge in [0.2, 0.25) is 0 Å². The van der Waals surface area contributed by atoms with Gasteiger partial charge in [0.05, 0.1) is 0 Å². The first-order valence-corrected chi connectivity index (χ1v) is 8.28. The van der Waals surface area contributed by atoms with Gasteiger partial charge in [0, 0.05) is 15.0 Å². The number of benzene rings is 1. The van der Waals surface area contributed by atoms with Gasteiger partial charge < -0.3 is 5.73 Å². The fourth-order valence-electron chi connectivity index (χ4n) is 2.94. The smallest absolute Gasteiger partial charge is 0.0334 e. The van der Waals surface area contributed by atoms with Gasteiger partial charge in [-0.05, 0) is 48.3 Å². The van der Waals surface area contributed by atoms with E-state index in [2.05, 4.69) is 63.9 Å². The maximum atomic E-state index is 6.48. The van der Waals surface area contributed by atoms with Crippen LogP contribution in [-0.2, 0) is 0 Å². The minimum absolute atomic E-state index is 0.155.